The first-order valence-electron chi connectivity index (χ1n) is 6.71. The highest BCUT2D eigenvalue weighted by molar-refractivity contribution is 6.03. The van der Waals surface area contributed by atoms with E-state index in [9.17, 15) is 9.90 Å². The molecule has 0 spiro atoms. The van der Waals surface area contributed by atoms with E-state index in [2.05, 4.69) is 0 Å². The Morgan fingerprint density at radius 2 is 1.29 bits per heavy atom. The van der Waals surface area contributed by atoms with Crippen LogP contribution in [0.3, 0.4) is 0 Å². The second-order valence-corrected chi connectivity index (χ2v) is 4.79. The molecule has 2 aromatic carbocycles. The number of hydrogen-bond acceptors (Lipinski definition) is 2. The lowest BCUT2D eigenvalue weighted by Crippen LogP contribution is -1.97. The maximum absolute atomic E-state index is 11.3. The molecule has 3 rings (SSSR count). The molecule has 2 aromatic rings. The number of hydrogen-bond donors (Lipinski definition) is 0. The Morgan fingerprint density at radius 1 is 0.714 bits per heavy atom. The fraction of sp³-hybridized carbons (Fsp3) is 0. The van der Waals surface area contributed by atoms with E-state index in [0.717, 1.165) is 22.3 Å². The number of allylic oxidation sites excluding steroid dienone is 5. The van der Waals surface area contributed by atoms with Gasteiger partial charge in [0, 0.05) is 0 Å². The lowest BCUT2D eigenvalue weighted by molar-refractivity contribution is -0.268. The summed E-state index contributed by atoms with van der Waals surface area (Å²) in [5.41, 5.74) is 3.98. The van der Waals surface area contributed by atoms with Gasteiger partial charge in [-0.25, -0.2) is 0 Å². The number of benzene rings is 2. The van der Waals surface area contributed by atoms with Crippen molar-refractivity contribution in [3.05, 3.63) is 95.6 Å². The summed E-state index contributed by atoms with van der Waals surface area (Å²) >= 11 is 0. The third-order valence-corrected chi connectivity index (χ3v) is 3.35. The fourth-order valence-corrected chi connectivity index (χ4v) is 2.35. The minimum absolute atomic E-state index is 0.0129. The molecule has 0 atom stereocenters. The minimum Gasteiger partial charge on any atom is -0.872 e. The first kappa shape index (κ1) is 13.1. The third kappa shape index (κ3) is 2.84. The van der Waals surface area contributed by atoms with E-state index in [4.69, 9.17) is 0 Å². The Labute approximate surface area is 123 Å². The van der Waals surface area contributed by atoms with Gasteiger partial charge < -0.3 is 5.11 Å². The van der Waals surface area contributed by atoms with Gasteiger partial charge in [-0.15, -0.1) is 5.75 Å². The molecule has 102 valence electrons. The zero-order valence-corrected chi connectivity index (χ0v) is 11.3. The van der Waals surface area contributed by atoms with Gasteiger partial charge in [0.25, 0.3) is 0 Å². The monoisotopic (exact) mass is 273 g/mol. The predicted molar refractivity (Wildman–Crippen MR) is 81.6 cm³/mol. The minimum atomic E-state index is -0.0129. The second kappa shape index (κ2) is 5.63. The Hall–Kier alpha value is -2.87. The van der Waals surface area contributed by atoms with Gasteiger partial charge in [-0.2, -0.15) is 0 Å². The Morgan fingerprint density at radius 3 is 1.90 bits per heavy atom. The lowest BCUT2D eigenvalue weighted by atomic mass is 9.91. The number of carbonyl (C=O) groups excluding carboxylic acids is 1. The van der Waals surface area contributed by atoms with Crippen molar-refractivity contribution in [2.75, 3.05) is 0 Å². The van der Waals surface area contributed by atoms with Crippen LogP contribution in [0.1, 0.15) is 11.1 Å². The molecule has 0 aliphatic heterocycles. The van der Waals surface area contributed by atoms with Gasteiger partial charge >= 0.3 is 0 Å². The van der Waals surface area contributed by atoms with E-state index in [1.165, 1.54) is 0 Å². The summed E-state index contributed by atoms with van der Waals surface area (Å²) < 4.78 is 0. The van der Waals surface area contributed by atoms with Crippen LogP contribution in [0.15, 0.2) is 84.5 Å². The number of ketones is 1. The van der Waals surface area contributed by atoms with Crippen LogP contribution in [0.2, 0.25) is 0 Å². The highest BCUT2D eigenvalue weighted by Gasteiger charge is 2.10. The highest BCUT2D eigenvalue weighted by atomic mass is 16.3. The second-order valence-electron chi connectivity index (χ2n) is 4.79. The van der Waals surface area contributed by atoms with Crippen molar-refractivity contribution in [3.8, 4) is 5.75 Å². The molecule has 0 saturated heterocycles. The topological polar surface area (TPSA) is 40.1 Å². The standard InChI is InChI=1S/C19H14O2/c20-17-10-6-15(7-11-17)19(14-4-2-1-3-5-14)16-8-12-18(21)13-9-16/h1-13,20H/p-1. The summed E-state index contributed by atoms with van der Waals surface area (Å²) in [6.45, 7) is 0. The Balaban J connectivity index is 2.19. The van der Waals surface area contributed by atoms with E-state index < -0.39 is 0 Å². The van der Waals surface area contributed by atoms with E-state index in [1.54, 1.807) is 24.3 Å². The van der Waals surface area contributed by atoms with Crippen LogP contribution in [-0.4, -0.2) is 5.78 Å². The molecule has 0 fully saturated rings. The summed E-state index contributed by atoms with van der Waals surface area (Å²) in [6, 6.07) is 16.7. The maximum atomic E-state index is 11.3. The largest absolute Gasteiger partial charge is 0.872 e. The third-order valence-electron chi connectivity index (χ3n) is 3.35. The molecular weight excluding hydrogens is 260 g/mol. The molecule has 0 heterocycles. The summed E-state index contributed by atoms with van der Waals surface area (Å²) in [6.07, 6.45) is 6.74. The van der Waals surface area contributed by atoms with Crippen LogP contribution < -0.4 is 5.11 Å². The van der Waals surface area contributed by atoms with Crippen LogP contribution in [0, 0.1) is 0 Å². The van der Waals surface area contributed by atoms with Crippen LogP contribution in [-0.2, 0) is 4.79 Å². The molecule has 0 amide bonds. The summed E-state index contributed by atoms with van der Waals surface area (Å²) in [5.74, 6) is -0.0258. The lowest BCUT2D eigenvalue weighted by Gasteiger charge is -2.14. The molecule has 0 bridgehead atoms. The first-order valence-corrected chi connectivity index (χ1v) is 6.71. The SMILES string of the molecule is O=C1C=CC(=C(c2ccccc2)c2ccc([O-])cc2)C=C1. The van der Waals surface area contributed by atoms with Crippen molar-refractivity contribution in [3.63, 3.8) is 0 Å². The molecule has 1 aliphatic carbocycles. The van der Waals surface area contributed by atoms with Crippen molar-refractivity contribution in [2.24, 2.45) is 0 Å². The zero-order valence-electron chi connectivity index (χ0n) is 11.3. The maximum Gasteiger partial charge on any atom is 0.178 e. The van der Waals surface area contributed by atoms with E-state index >= 15 is 0 Å². The molecule has 21 heavy (non-hydrogen) atoms. The van der Waals surface area contributed by atoms with Crippen LogP contribution >= 0.6 is 0 Å². The molecule has 0 unspecified atom stereocenters. The van der Waals surface area contributed by atoms with Gasteiger partial charge in [0.2, 0.25) is 0 Å². The normalized spacial score (nSPS) is 13.5. The Bertz CT molecular complexity index is 730. The zero-order chi connectivity index (χ0) is 14.7. The van der Waals surface area contributed by atoms with Crippen molar-refractivity contribution < 1.29 is 9.90 Å². The van der Waals surface area contributed by atoms with Crippen molar-refractivity contribution in [2.45, 2.75) is 0 Å². The molecular formula is C19H13O2-. The van der Waals surface area contributed by atoms with Crippen LogP contribution in [0.25, 0.3) is 5.57 Å². The fourth-order valence-electron chi connectivity index (χ4n) is 2.35. The summed E-state index contributed by atoms with van der Waals surface area (Å²) in [4.78, 5) is 11.3. The smallest absolute Gasteiger partial charge is 0.178 e. The van der Waals surface area contributed by atoms with Gasteiger partial charge in [0.05, 0.1) is 0 Å². The van der Waals surface area contributed by atoms with Crippen LogP contribution in [0.4, 0.5) is 0 Å². The summed E-state index contributed by atoms with van der Waals surface area (Å²) in [7, 11) is 0. The molecule has 0 N–H and O–H groups in total. The molecule has 1 aliphatic rings. The molecule has 0 saturated carbocycles. The molecule has 0 radical (unpaired) electrons. The average Bonchev–Trinajstić information content (AvgIpc) is 2.52. The van der Waals surface area contributed by atoms with Gasteiger partial charge in [-0.3, -0.25) is 4.79 Å². The van der Waals surface area contributed by atoms with E-state index in [0.29, 0.717) is 0 Å². The van der Waals surface area contributed by atoms with Crippen molar-refractivity contribution in [1.82, 2.24) is 0 Å². The van der Waals surface area contributed by atoms with Gasteiger partial charge in [0.1, 0.15) is 0 Å². The average molecular weight is 273 g/mol. The van der Waals surface area contributed by atoms with Crippen molar-refractivity contribution >= 4 is 11.4 Å². The number of carbonyl (C=O) groups is 1. The van der Waals surface area contributed by atoms with E-state index in [-0.39, 0.29) is 11.5 Å². The number of rotatable bonds is 2. The van der Waals surface area contributed by atoms with Crippen LogP contribution in [0.5, 0.6) is 5.75 Å². The summed E-state index contributed by atoms with van der Waals surface area (Å²) in [5, 5.41) is 11.3. The molecule has 2 heteroatoms. The van der Waals surface area contributed by atoms with Crippen molar-refractivity contribution in [1.29, 1.82) is 0 Å². The van der Waals surface area contributed by atoms with E-state index in [1.807, 2.05) is 54.6 Å². The highest BCUT2D eigenvalue weighted by Crippen LogP contribution is 2.29. The molecule has 0 aromatic heterocycles. The predicted octanol–water partition coefficient (Wildman–Crippen LogP) is 3.26. The molecule has 2 nitrogen and oxygen atoms in total. The van der Waals surface area contributed by atoms with Gasteiger partial charge in [-0.1, -0.05) is 66.7 Å². The van der Waals surface area contributed by atoms with Gasteiger partial charge in [0.15, 0.2) is 5.78 Å². The Kier molecular flexibility index (Phi) is 3.52. The van der Waals surface area contributed by atoms with Gasteiger partial charge in [-0.05, 0) is 34.4 Å². The quantitative estimate of drug-likeness (QED) is 0.842. The first-order chi connectivity index (χ1) is 10.2.